The van der Waals surface area contributed by atoms with Gasteiger partial charge in [0.15, 0.2) is 18.1 Å². The molecular weight excluding hydrogens is 458 g/mol. The van der Waals surface area contributed by atoms with E-state index >= 15 is 0 Å². The molecule has 7 heteroatoms. The largest absolute Gasteiger partial charge is 0.490 e. The number of ether oxygens (including phenoxy) is 4. The van der Waals surface area contributed by atoms with Crippen LogP contribution in [-0.4, -0.2) is 31.8 Å². The van der Waals surface area contributed by atoms with E-state index in [-0.39, 0.29) is 24.5 Å². The zero-order valence-electron chi connectivity index (χ0n) is 20.4. The van der Waals surface area contributed by atoms with Crippen LogP contribution in [0, 0.1) is 18.3 Å². The monoisotopic (exact) mass is 485 g/mol. The molecule has 0 atom stereocenters. The standard InChI is InChI=1S/C29H27NO6/c1-4-33-27-17-21(16-24(18-30)29(32)34-5-2)8-15-26(27)36-28(31)19-35-25-13-11-23(12-14-25)22-9-6-20(3)7-10-22/h6-17H,4-5,19H2,1-3H3/b24-16+. The molecule has 3 aromatic rings. The van der Waals surface area contributed by atoms with Gasteiger partial charge in [0.1, 0.15) is 17.4 Å². The first kappa shape index (κ1) is 26.0. The Kier molecular flexibility index (Phi) is 9.24. The predicted octanol–water partition coefficient (Wildman–Crippen LogP) is 5.52. The topological polar surface area (TPSA) is 94.9 Å². The van der Waals surface area contributed by atoms with Crippen molar-refractivity contribution in [3.63, 3.8) is 0 Å². The van der Waals surface area contributed by atoms with Gasteiger partial charge < -0.3 is 18.9 Å². The number of nitrogens with zero attached hydrogens (tertiary/aromatic N) is 1. The van der Waals surface area contributed by atoms with Gasteiger partial charge >= 0.3 is 11.9 Å². The van der Waals surface area contributed by atoms with E-state index in [0.717, 1.165) is 11.1 Å². The number of benzene rings is 3. The number of esters is 2. The maximum absolute atomic E-state index is 12.4. The van der Waals surface area contributed by atoms with Crippen molar-refractivity contribution in [2.24, 2.45) is 0 Å². The summed E-state index contributed by atoms with van der Waals surface area (Å²) >= 11 is 0. The Bertz CT molecular complexity index is 1270. The molecule has 0 bridgehead atoms. The molecule has 0 heterocycles. The molecule has 0 radical (unpaired) electrons. The summed E-state index contributed by atoms with van der Waals surface area (Å²) in [5, 5.41) is 9.23. The fraction of sp³-hybridized carbons (Fsp3) is 0.207. The van der Waals surface area contributed by atoms with Gasteiger partial charge in [-0.15, -0.1) is 0 Å². The molecule has 0 aromatic heterocycles. The quantitative estimate of drug-likeness (QED) is 0.162. The van der Waals surface area contributed by atoms with E-state index < -0.39 is 11.9 Å². The molecule has 3 rings (SSSR count). The Balaban J connectivity index is 1.64. The summed E-state index contributed by atoms with van der Waals surface area (Å²) in [5.74, 6) is -0.282. The third-order valence-corrected chi connectivity index (χ3v) is 5.01. The Hall–Kier alpha value is -4.57. The highest BCUT2D eigenvalue weighted by Crippen LogP contribution is 2.30. The van der Waals surface area contributed by atoms with Crippen LogP contribution in [0.1, 0.15) is 25.0 Å². The average Bonchev–Trinajstić information content (AvgIpc) is 2.88. The van der Waals surface area contributed by atoms with E-state index in [2.05, 4.69) is 24.3 Å². The molecule has 36 heavy (non-hydrogen) atoms. The Morgan fingerprint density at radius 3 is 2.14 bits per heavy atom. The van der Waals surface area contributed by atoms with E-state index in [4.69, 9.17) is 18.9 Å². The summed E-state index contributed by atoms with van der Waals surface area (Å²) in [4.78, 5) is 24.3. The lowest BCUT2D eigenvalue weighted by molar-refractivity contribution is -0.138. The number of carbonyl (C=O) groups excluding carboxylic acids is 2. The van der Waals surface area contributed by atoms with Crippen LogP contribution in [0.2, 0.25) is 0 Å². The summed E-state index contributed by atoms with van der Waals surface area (Å²) in [6, 6.07) is 22.2. The minimum Gasteiger partial charge on any atom is -0.490 e. The van der Waals surface area contributed by atoms with Gasteiger partial charge in [0.2, 0.25) is 0 Å². The van der Waals surface area contributed by atoms with Gasteiger partial charge in [0, 0.05) is 0 Å². The van der Waals surface area contributed by atoms with E-state index in [0.29, 0.717) is 23.7 Å². The molecule has 3 aromatic carbocycles. The number of rotatable bonds is 10. The van der Waals surface area contributed by atoms with Gasteiger partial charge in [-0.1, -0.05) is 48.0 Å². The average molecular weight is 486 g/mol. The second kappa shape index (κ2) is 12.8. The molecular formula is C29H27NO6. The molecule has 0 saturated heterocycles. The highest BCUT2D eigenvalue weighted by atomic mass is 16.6. The second-order valence-corrected chi connectivity index (χ2v) is 7.68. The molecule has 0 aliphatic rings. The van der Waals surface area contributed by atoms with Crippen LogP contribution < -0.4 is 14.2 Å². The number of aryl methyl sites for hydroxylation is 1. The fourth-order valence-corrected chi connectivity index (χ4v) is 3.26. The first-order valence-corrected chi connectivity index (χ1v) is 11.5. The summed E-state index contributed by atoms with van der Waals surface area (Å²) in [6.07, 6.45) is 1.38. The first-order valence-electron chi connectivity index (χ1n) is 11.5. The van der Waals surface area contributed by atoms with Crippen molar-refractivity contribution in [3.8, 4) is 34.4 Å². The summed E-state index contributed by atoms with van der Waals surface area (Å²) in [7, 11) is 0. The molecule has 0 unspecified atom stereocenters. The molecule has 0 aliphatic carbocycles. The fourth-order valence-electron chi connectivity index (χ4n) is 3.26. The Morgan fingerprint density at radius 1 is 0.861 bits per heavy atom. The third kappa shape index (κ3) is 7.21. The number of carbonyl (C=O) groups is 2. The van der Waals surface area contributed by atoms with E-state index in [1.54, 1.807) is 38.1 Å². The molecule has 0 spiro atoms. The maximum atomic E-state index is 12.4. The molecule has 0 saturated carbocycles. The zero-order valence-corrected chi connectivity index (χ0v) is 20.4. The van der Waals surface area contributed by atoms with Crippen LogP contribution >= 0.6 is 0 Å². The highest BCUT2D eigenvalue weighted by molar-refractivity contribution is 5.98. The van der Waals surface area contributed by atoms with Crippen molar-refractivity contribution >= 4 is 18.0 Å². The molecule has 0 N–H and O–H groups in total. The SMILES string of the molecule is CCOC(=O)/C(C#N)=C/c1ccc(OC(=O)COc2ccc(-c3ccc(C)cc3)cc2)c(OCC)c1. The summed E-state index contributed by atoms with van der Waals surface area (Å²) < 4.78 is 21.5. The van der Waals surface area contributed by atoms with Gasteiger partial charge in [0.25, 0.3) is 0 Å². The third-order valence-electron chi connectivity index (χ3n) is 5.01. The zero-order chi connectivity index (χ0) is 25.9. The van der Waals surface area contributed by atoms with Crippen LogP contribution in [-0.2, 0) is 14.3 Å². The van der Waals surface area contributed by atoms with Crippen LogP contribution in [0.15, 0.2) is 72.3 Å². The lowest BCUT2D eigenvalue weighted by Crippen LogP contribution is -2.18. The Labute approximate surface area is 210 Å². The van der Waals surface area contributed by atoms with Crippen molar-refractivity contribution in [2.75, 3.05) is 19.8 Å². The van der Waals surface area contributed by atoms with Crippen molar-refractivity contribution < 1.29 is 28.5 Å². The Morgan fingerprint density at radius 2 is 1.53 bits per heavy atom. The van der Waals surface area contributed by atoms with Crippen molar-refractivity contribution in [1.82, 2.24) is 0 Å². The second-order valence-electron chi connectivity index (χ2n) is 7.68. The minimum atomic E-state index is -0.711. The molecule has 0 fully saturated rings. The predicted molar refractivity (Wildman–Crippen MR) is 136 cm³/mol. The molecule has 0 aliphatic heterocycles. The van der Waals surface area contributed by atoms with Gasteiger partial charge in [-0.25, -0.2) is 9.59 Å². The van der Waals surface area contributed by atoms with Crippen LogP contribution in [0.25, 0.3) is 17.2 Å². The normalized spacial score (nSPS) is 10.8. The van der Waals surface area contributed by atoms with E-state index in [1.165, 1.54) is 17.7 Å². The van der Waals surface area contributed by atoms with Crippen molar-refractivity contribution in [2.45, 2.75) is 20.8 Å². The van der Waals surface area contributed by atoms with Gasteiger partial charge in [-0.05, 0) is 67.8 Å². The lowest BCUT2D eigenvalue weighted by Gasteiger charge is -2.12. The maximum Gasteiger partial charge on any atom is 0.349 e. The van der Waals surface area contributed by atoms with Crippen LogP contribution in [0.3, 0.4) is 0 Å². The lowest BCUT2D eigenvalue weighted by atomic mass is 10.0. The van der Waals surface area contributed by atoms with Gasteiger partial charge in [-0.3, -0.25) is 0 Å². The minimum absolute atomic E-state index is 0.147. The number of hydrogen-bond acceptors (Lipinski definition) is 7. The van der Waals surface area contributed by atoms with Crippen molar-refractivity contribution in [1.29, 1.82) is 5.26 Å². The molecule has 7 nitrogen and oxygen atoms in total. The summed E-state index contributed by atoms with van der Waals surface area (Å²) in [5.41, 5.74) is 3.71. The van der Waals surface area contributed by atoms with Gasteiger partial charge in [0.05, 0.1) is 13.2 Å². The summed E-state index contributed by atoms with van der Waals surface area (Å²) in [6.45, 7) is 5.68. The number of hydrogen-bond donors (Lipinski definition) is 0. The van der Waals surface area contributed by atoms with Crippen LogP contribution in [0.4, 0.5) is 0 Å². The van der Waals surface area contributed by atoms with E-state index in [1.807, 2.05) is 25.1 Å². The first-order chi connectivity index (χ1) is 17.4. The number of nitriles is 1. The highest BCUT2D eigenvalue weighted by Gasteiger charge is 2.14. The van der Waals surface area contributed by atoms with E-state index in [9.17, 15) is 14.9 Å². The van der Waals surface area contributed by atoms with Crippen LogP contribution in [0.5, 0.6) is 17.2 Å². The van der Waals surface area contributed by atoms with Gasteiger partial charge in [-0.2, -0.15) is 5.26 Å². The smallest absolute Gasteiger partial charge is 0.349 e. The molecule has 184 valence electrons. The van der Waals surface area contributed by atoms with Crippen molar-refractivity contribution in [3.05, 3.63) is 83.4 Å². The molecule has 0 amide bonds.